The van der Waals surface area contributed by atoms with Gasteiger partial charge in [0.15, 0.2) is 0 Å². The summed E-state index contributed by atoms with van der Waals surface area (Å²) in [4.78, 5) is 26.0. The summed E-state index contributed by atoms with van der Waals surface area (Å²) in [6.07, 6.45) is -0.611. The zero-order valence-corrected chi connectivity index (χ0v) is 13.6. The first-order valence-electron chi connectivity index (χ1n) is 6.99. The number of carbonyl (C=O) groups is 2. The Bertz CT molecular complexity index is 655. The lowest BCUT2D eigenvalue weighted by Crippen LogP contribution is -2.44. The molecule has 3 rings (SSSR count). The number of nitrogens with zero attached hydrogens (tertiary/aromatic N) is 1. The fourth-order valence-corrected chi connectivity index (χ4v) is 3.06. The Morgan fingerprint density at radius 3 is 2.68 bits per heavy atom. The van der Waals surface area contributed by atoms with Crippen LogP contribution in [0.1, 0.15) is 18.5 Å². The van der Waals surface area contributed by atoms with Crippen molar-refractivity contribution in [3.05, 3.63) is 45.6 Å². The van der Waals surface area contributed by atoms with Crippen molar-refractivity contribution in [2.24, 2.45) is 0 Å². The normalized spacial score (nSPS) is 22.3. The SMILES string of the molecule is CC(O)CN1CC2=C(C1=O)C(c1ccc(Br)cc1)NC(=O)N2. The van der Waals surface area contributed by atoms with E-state index in [0.29, 0.717) is 17.8 Å². The standard InChI is InChI=1S/C15H16BrN3O3/c1-8(20)6-19-7-11-12(14(19)21)13(18-15(22)17-11)9-2-4-10(16)5-3-9/h2-5,8,13,20H,6-7H2,1H3,(H2,17,18,22). The van der Waals surface area contributed by atoms with E-state index in [0.717, 1.165) is 10.0 Å². The minimum Gasteiger partial charge on any atom is -0.392 e. The van der Waals surface area contributed by atoms with Crippen LogP contribution in [0, 0.1) is 0 Å². The van der Waals surface area contributed by atoms with Gasteiger partial charge in [-0.2, -0.15) is 0 Å². The predicted molar refractivity (Wildman–Crippen MR) is 83.8 cm³/mol. The maximum Gasteiger partial charge on any atom is 0.319 e. The zero-order valence-electron chi connectivity index (χ0n) is 12.0. The van der Waals surface area contributed by atoms with Crippen LogP contribution in [0.25, 0.3) is 0 Å². The van der Waals surface area contributed by atoms with Gasteiger partial charge in [-0.3, -0.25) is 4.79 Å². The molecule has 2 unspecified atom stereocenters. The van der Waals surface area contributed by atoms with Crippen molar-refractivity contribution < 1.29 is 14.7 Å². The van der Waals surface area contributed by atoms with Crippen molar-refractivity contribution in [2.45, 2.75) is 19.1 Å². The summed E-state index contributed by atoms with van der Waals surface area (Å²) in [6, 6.07) is 6.69. The summed E-state index contributed by atoms with van der Waals surface area (Å²) < 4.78 is 0.930. The van der Waals surface area contributed by atoms with Crippen LogP contribution in [-0.2, 0) is 4.79 Å². The van der Waals surface area contributed by atoms with Crippen LogP contribution >= 0.6 is 15.9 Å². The van der Waals surface area contributed by atoms with E-state index in [1.54, 1.807) is 11.8 Å². The Morgan fingerprint density at radius 2 is 2.05 bits per heavy atom. The molecule has 0 fully saturated rings. The first kappa shape index (κ1) is 15.1. The first-order chi connectivity index (χ1) is 10.5. The van der Waals surface area contributed by atoms with Gasteiger partial charge in [-0.05, 0) is 24.6 Å². The minimum absolute atomic E-state index is 0.156. The Hall–Kier alpha value is -1.86. The van der Waals surface area contributed by atoms with Gasteiger partial charge in [0.2, 0.25) is 0 Å². The minimum atomic E-state index is -0.611. The molecule has 2 heterocycles. The van der Waals surface area contributed by atoms with Gasteiger partial charge in [-0.15, -0.1) is 0 Å². The molecule has 7 heteroatoms. The van der Waals surface area contributed by atoms with E-state index in [1.807, 2.05) is 24.3 Å². The lowest BCUT2D eigenvalue weighted by molar-refractivity contribution is -0.126. The molecule has 22 heavy (non-hydrogen) atoms. The number of amides is 3. The number of aliphatic hydroxyl groups excluding tert-OH is 1. The average Bonchev–Trinajstić information content (AvgIpc) is 2.74. The molecule has 0 bridgehead atoms. The smallest absolute Gasteiger partial charge is 0.319 e. The lowest BCUT2D eigenvalue weighted by Gasteiger charge is -2.25. The number of nitrogens with one attached hydrogen (secondary N) is 2. The fourth-order valence-electron chi connectivity index (χ4n) is 2.80. The summed E-state index contributed by atoms with van der Waals surface area (Å²) in [7, 11) is 0. The topological polar surface area (TPSA) is 81.7 Å². The van der Waals surface area contributed by atoms with E-state index in [4.69, 9.17) is 0 Å². The number of hydrogen-bond donors (Lipinski definition) is 3. The van der Waals surface area contributed by atoms with E-state index < -0.39 is 12.1 Å². The molecule has 0 saturated carbocycles. The molecule has 2 atom stereocenters. The number of rotatable bonds is 3. The van der Waals surface area contributed by atoms with Crippen molar-refractivity contribution in [3.8, 4) is 0 Å². The number of benzene rings is 1. The quantitative estimate of drug-likeness (QED) is 0.754. The van der Waals surface area contributed by atoms with Gasteiger partial charge >= 0.3 is 6.03 Å². The second-order valence-electron chi connectivity index (χ2n) is 5.51. The van der Waals surface area contributed by atoms with E-state index in [-0.39, 0.29) is 18.5 Å². The van der Waals surface area contributed by atoms with E-state index in [9.17, 15) is 14.7 Å². The van der Waals surface area contributed by atoms with Gasteiger partial charge in [-0.25, -0.2) is 4.79 Å². The van der Waals surface area contributed by atoms with Crippen molar-refractivity contribution in [3.63, 3.8) is 0 Å². The molecule has 2 aliphatic heterocycles. The molecule has 0 spiro atoms. The number of halogens is 1. The van der Waals surface area contributed by atoms with Gasteiger partial charge in [0.25, 0.3) is 5.91 Å². The van der Waals surface area contributed by atoms with Crippen LogP contribution in [-0.4, -0.2) is 41.1 Å². The number of β-amino-alcohol motifs (C(OH)–C–C–N with tert-alkyl or cyclic N) is 1. The predicted octanol–water partition coefficient (Wildman–Crippen LogP) is 1.28. The lowest BCUT2D eigenvalue weighted by atomic mass is 9.96. The highest BCUT2D eigenvalue weighted by atomic mass is 79.9. The van der Waals surface area contributed by atoms with Crippen LogP contribution in [0.2, 0.25) is 0 Å². The van der Waals surface area contributed by atoms with Crippen LogP contribution < -0.4 is 10.6 Å². The number of hydrogen-bond acceptors (Lipinski definition) is 3. The van der Waals surface area contributed by atoms with Crippen LogP contribution in [0.3, 0.4) is 0 Å². The fraction of sp³-hybridized carbons (Fsp3) is 0.333. The molecular weight excluding hydrogens is 350 g/mol. The van der Waals surface area contributed by atoms with Crippen molar-refractivity contribution in [1.29, 1.82) is 0 Å². The van der Waals surface area contributed by atoms with E-state index in [1.165, 1.54) is 0 Å². The van der Waals surface area contributed by atoms with Gasteiger partial charge in [0, 0.05) is 11.0 Å². The Morgan fingerprint density at radius 1 is 1.36 bits per heavy atom. The summed E-state index contributed by atoms with van der Waals surface area (Å²) in [5.41, 5.74) is 2.00. The van der Waals surface area contributed by atoms with Crippen LogP contribution in [0.4, 0.5) is 4.79 Å². The Labute approximate surface area is 136 Å². The summed E-state index contributed by atoms with van der Waals surface area (Å²) in [5, 5.41) is 15.0. The maximum absolute atomic E-state index is 12.6. The zero-order chi connectivity index (χ0) is 15.9. The number of aliphatic hydroxyl groups is 1. The molecule has 0 saturated heterocycles. The number of urea groups is 1. The molecule has 2 aliphatic rings. The van der Waals surface area contributed by atoms with Gasteiger partial charge in [0.1, 0.15) is 0 Å². The van der Waals surface area contributed by atoms with Crippen LogP contribution in [0.5, 0.6) is 0 Å². The highest BCUT2D eigenvalue weighted by Gasteiger charge is 2.40. The second kappa shape index (κ2) is 5.73. The Kier molecular flexibility index (Phi) is 3.92. The summed E-state index contributed by atoms with van der Waals surface area (Å²) in [6.45, 7) is 2.20. The van der Waals surface area contributed by atoms with Gasteiger partial charge < -0.3 is 20.6 Å². The Balaban J connectivity index is 1.94. The molecule has 6 nitrogen and oxygen atoms in total. The highest BCUT2D eigenvalue weighted by Crippen LogP contribution is 2.32. The van der Waals surface area contributed by atoms with Crippen molar-refractivity contribution >= 4 is 27.9 Å². The van der Waals surface area contributed by atoms with Crippen molar-refractivity contribution in [2.75, 3.05) is 13.1 Å². The van der Waals surface area contributed by atoms with Crippen LogP contribution in [0.15, 0.2) is 40.0 Å². The molecule has 3 N–H and O–H groups in total. The molecule has 1 aromatic rings. The maximum atomic E-state index is 12.6. The molecule has 3 amide bonds. The third-order valence-electron chi connectivity index (χ3n) is 3.71. The third-order valence-corrected chi connectivity index (χ3v) is 4.24. The monoisotopic (exact) mass is 365 g/mol. The summed E-state index contributed by atoms with van der Waals surface area (Å²) in [5.74, 6) is -0.156. The molecule has 0 radical (unpaired) electrons. The van der Waals surface area contributed by atoms with Crippen molar-refractivity contribution in [1.82, 2.24) is 15.5 Å². The molecule has 1 aromatic carbocycles. The van der Waals surface area contributed by atoms with E-state index in [2.05, 4.69) is 26.6 Å². The summed E-state index contributed by atoms with van der Waals surface area (Å²) >= 11 is 3.37. The molecule has 116 valence electrons. The third kappa shape index (κ3) is 2.74. The average molecular weight is 366 g/mol. The van der Waals surface area contributed by atoms with Gasteiger partial charge in [-0.1, -0.05) is 28.1 Å². The molecular formula is C15H16BrN3O3. The number of carbonyl (C=O) groups excluding carboxylic acids is 2. The molecule has 0 aliphatic carbocycles. The second-order valence-corrected chi connectivity index (χ2v) is 6.43. The molecule has 0 aromatic heterocycles. The van der Waals surface area contributed by atoms with Gasteiger partial charge in [0.05, 0.1) is 30.0 Å². The van der Waals surface area contributed by atoms with E-state index >= 15 is 0 Å². The highest BCUT2D eigenvalue weighted by molar-refractivity contribution is 9.10. The first-order valence-corrected chi connectivity index (χ1v) is 7.78. The largest absolute Gasteiger partial charge is 0.392 e.